The Hall–Kier alpha value is -1.93. The average Bonchev–Trinajstić information content (AvgIpc) is 2.47. The Morgan fingerprint density at radius 1 is 1.33 bits per heavy atom. The topological polar surface area (TPSA) is 92.8 Å². The van der Waals surface area contributed by atoms with Crippen LogP contribution >= 0.6 is 0 Å². The molecule has 2 rings (SSSR count). The average molecular weight is 312 g/mol. The quantitative estimate of drug-likeness (QED) is 0.758. The van der Waals surface area contributed by atoms with Gasteiger partial charge in [0.05, 0.1) is 25.0 Å². The van der Waals surface area contributed by atoms with Crippen LogP contribution in [0.15, 0.2) is 29.2 Å². The monoisotopic (exact) mass is 312 g/mol. The standard InChI is InChI=1S/C13H16N2O5S/c1-20-13(17)8-10-2-4-11(5-3-10)21(18,19)15-7-6-14-12(16)9-15/h2-5H,6-9H2,1H3,(H,14,16). The lowest BCUT2D eigenvalue weighted by Crippen LogP contribution is -2.49. The first-order valence-electron chi connectivity index (χ1n) is 6.36. The van der Waals surface area contributed by atoms with E-state index in [4.69, 9.17) is 0 Å². The van der Waals surface area contributed by atoms with Gasteiger partial charge < -0.3 is 10.1 Å². The number of methoxy groups -OCH3 is 1. The Morgan fingerprint density at radius 3 is 2.57 bits per heavy atom. The van der Waals surface area contributed by atoms with Crippen LogP contribution in [0.3, 0.4) is 0 Å². The predicted octanol–water partition coefficient (Wildman–Crippen LogP) is -0.477. The van der Waals surface area contributed by atoms with Crippen LogP contribution < -0.4 is 5.32 Å². The fourth-order valence-electron chi connectivity index (χ4n) is 1.99. The van der Waals surface area contributed by atoms with Crippen molar-refractivity contribution in [1.82, 2.24) is 9.62 Å². The molecular formula is C13H16N2O5S. The normalized spacial score (nSPS) is 16.3. The van der Waals surface area contributed by atoms with Crippen LogP contribution in [0.2, 0.25) is 0 Å². The lowest BCUT2D eigenvalue weighted by molar-refractivity contribution is -0.139. The van der Waals surface area contributed by atoms with E-state index in [1.54, 1.807) is 12.1 Å². The summed E-state index contributed by atoms with van der Waals surface area (Å²) in [5.74, 6) is -0.703. The number of hydrogen-bond acceptors (Lipinski definition) is 5. The smallest absolute Gasteiger partial charge is 0.309 e. The zero-order valence-electron chi connectivity index (χ0n) is 11.5. The van der Waals surface area contributed by atoms with Crippen molar-refractivity contribution in [3.05, 3.63) is 29.8 Å². The maximum absolute atomic E-state index is 12.4. The highest BCUT2D eigenvalue weighted by molar-refractivity contribution is 7.89. The van der Waals surface area contributed by atoms with Gasteiger partial charge in [-0.05, 0) is 17.7 Å². The van der Waals surface area contributed by atoms with Crippen LogP contribution in [-0.4, -0.2) is 51.3 Å². The van der Waals surface area contributed by atoms with Crippen molar-refractivity contribution in [3.8, 4) is 0 Å². The zero-order valence-corrected chi connectivity index (χ0v) is 12.4. The van der Waals surface area contributed by atoms with E-state index in [9.17, 15) is 18.0 Å². The number of ether oxygens (including phenoxy) is 1. The van der Waals surface area contributed by atoms with E-state index < -0.39 is 16.0 Å². The van der Waals surface area contributed by atoms with Gasteiger partial charge in [0.15, 0.2) is 0 Å². The molecule has 8 heteroatoms. The van der Waals surface area contributed by atoms with Gasteiger partial charge in [-0.2, -0.15) is 4.31 Å². The number of nitrogens with one attached hydrogen (secondary N) is 1. The van der Waals surface area contributed by atoms with Crippen LogP contribution in [0.5, 0.6) is 0 Å². The highest BCUT2D eigenvalue weighted by atomic mass is 32.2. The third kappa shape index (κ3) is 3.59. The number of sulfonamides is 1. The summed E-state index contributed by atoms with van der Waals surface area (Å²) in [4.78, 5) is 22.5. The Morgan fingerprint density at radius 2 is 2.00 bits per heavy atom. The number of carbonyl (C=O) groups excluding carboxylic acids is 2. The van der Waals surface area contributed by atoms with Crippen molar-refractivity contribution >= 4 is 21.9 Å². The van der Waals surface area contributed by atoms with Gasteiger partial charge in [0, 0.05) is 13.1 Å². The van der Waals surface area contributed by atoms with Crippen LogP contribution in [0.4, 0.5) is 0 Å². The molecule has 1 amide bonds. The van der Waals surface area contributed by atoms with Gasteiger partial charge in [0.25, 0.3) is 0 Å². The molecule has 0 unspecified atom stereocenters. The molecule has 114 valence electrons. The van der Waals surface area contributed by atoms with Crippen LogP contribution in [0, 0.1) is 0 Å². The van der Waals surface area contributed by atoms with Crippen molar-refractivity contribution in [2.45, 2.75) is 11.3 Å². The largest absolute Gasteiger partial charge is 0.469 e. The number of benzene rings is 1. The second kappa shape index (κ2) is 6.23. The molecule has 1 aliphatic rings. The SMILES string of the molecule is COC(=O)Cc1ccc(S(=O)(=O)N2CCNC(=O)C2)cc1. The fraction of sp³-hybridized carbons (Fsp3) is 0.385. The molecule has 0 atom stereocenters. The second-order valence-corrected chi connectivity index (χ2v) is 6.52. The summed E-state index contributed by atoms with van der Waals surface area (Å²) in [6.45, 7) is 0.378. The lowest BCUT2D eigenvalue weighted by atomic mass is 10.2. The third-order valence-corrected chi connectivity index (χ3v) is 5.00. The first kappa shape index (κ1) is 15.5. The minimum atomic E-state index is -3.69. The zero-order chi connectivity index (χ0) is 15.5. The highest BCUT2D eigenvalue weighted by Crippen LogP contribution is 2.17. The lowest BCUT2D eigenvalue weighted by Gasteiger charge is -2.25. The predicted molar refractivity (Wildman–Crippen MR) is 73.9 cm³/mol. The fourth-order valence-corrected chi connectivity index (χ4v) is 3.38. The summed E-state index contributed by atoms with van der Waals surface area (Å²) >= 11 is 0. The van der Waals surface area contributed by atoms with E-state index in [1.807, 2.05) is 0 Å². The summed E-state index contributed by atoms with van der Waals surface area (Å²) < 4.78 is 30.4. The number of nitrogens with zero attached hydrogens (tertiary/aromatic N) is 1. The van der Waals surface area contributed by atoms with Gasteiger partial charge in [-0.25, -0.2) is 8.42 Å². The summed E-state index contributed by atoms with van der Waals surface area (Å²) in [7, 11) is -2.40. The molecule has 0 bridgehead atoms. The summed E-state index contributed by atoms with van der Waals surface area (Å²) in [6, 6.07) is 5.99. The maximum atomic E-state index is 12.4. The van der Waals surface area contributed by atoms with E-state index in [2.05, 4.69) is 10.1 Å². The molecule has 21 heavy (non-hydrogen) atoms. The molecule has 0 aliphatic carbocycles. The maximum Gasteiger partial charge on any atom is 0.309 e. The Kier molecular flexibility index (Phi) is 4.59. The number of rotatable bonds is 4. The third-order valence-electron chi connectivity index (χ3n) is 3.14. The number of carbonyl (C=O) groups is 2. The summed E-state index contributed by atoms with van der Waals surface area (Å²) in [5, 5.41) is 2.58. The van der Waals surface area contributed by atoms with E-state index in [0.717, 1.165) is 4.31 Å². The van der Waals surface area contributed by atoms with Gasteiger partial charge in [0.2, 0.25) is 15.9 Å². The molecule has 1 aliphatic heterocycles. The molecule has 1 aromatic carbocycles. The number of hydrogen-bond donors (Lipinski definition) is 1. The molecular weight excluding hydrogens is 296 g/mol. The molecule has 1 heterocycles. The van der Waals surface area contributed by atoms with Crippen molar-refractivity contribution < 1.29 is 22.7 Å². The first-order valence-corrected chi connectivity index (χ1v) is 7.80. The first-order chi connectivity index (χ1) is 9.93. The molecule has 1 N–H and O–H groups in total. The molecule has 1 saturated heterocycles. The van der Waals surface area contributed by atoms with Gasteiger partial charge in [-0.15, -0.1) is 0 Å². The highest BCUT2D eigenvalue weighted by Gasteiger charge is 2.28. The number of amides is 1. The van der Waals surface area contributed by atoms with Crippen molar-refractivity contribution in [2.24, 2.45) is 0 Å². The summed E-state index contributed by atoms with van der Waals surface area (Å²) in [5.41, 5.74) is 0.664. The van der Waals surface area contributed by atoms with Gasteiger partial charge in [-0.1, -0.05) is 12.1 Å². The Labute approximate surface area is 122 Å². The Balaban J connectivity index is 2.17. The molecule has 1 aromatic rings. The molecule has 7 nitrogen and oxygen atoms in total. The van der Waals surface area contributed by atoms with Gasteiger partial charge >= 0.3 is 5.97 Å². The van der Waals surface area contributed by atoms with Crippen molar-refractivity contribution in [2.75, 3.05) is 26.7 Å². The van der Waals surface area contributed by atoms with E-state index >= 15 is 0 Å². The van der Waals surface area contributed by atoms with Crippen LogP contribution in [0.25, 0.3) is 0 Å². The minimum Gasteiger partial charge on any atom is -0.469 e. The molecule has 0 saturated carbocycles. The van der Waals surface area contributed by atoms with Crippen molar-refractivity contribution in [1.29, 1.82) is 0 Å². The van der Waals surface area contributed by atoms with E-state index in [1.165, 1.54) is 19.2 Å². The molecule has 1 fully saturated rings. The molecule has 0 spiro atoms. The Bertz CT molecular complexity index is 639. The molecule has 0 radical (unpaired) electrons. The molecule has 0 aromatic heterocycles. The minimum absolute atomic E-state index is 0.0863. The van der Waals surface area contributed by atoms with E-state index in [0.29, 0.717) is 12.1 Å². The number of piperazine rings is 1. The number of esters is 1. The van der Waals surface area contributed by atoms with Crippen LogP contribution in [-0.2, 0) is 30.8 Å². The second-order valence-electron chi connectivity index (χ2n) is 4.59. The van der Waals surface area contributed by atoms with Crippen molar-refractivity contribution in [3.63, 3.8) is 0 Å². The van der Waals surface area contributed by atoms with Crippen LogP contribution in [0.1, 0.15) is 5.56 Å². The summed E-state index contributed by atoms with van der Waals surface area (Å²) in [6.07, 6.45) is 0.0863. The van der Waals surface area contributed by atoms with Gasteiger partial charge in [0.1, 0.15) is 0 Å². The van der Waals surface area contributed by atoms with E-state index in [-0.39, 0.29) is 30.3 Å². The van der Waals surface area contributed by atoms with Gasteiger partial charge in [-0.3, -0.25) is 9.59 Å².